The highest BCUT2D eigenvalue weighted by atomic mass is 16.5. The zero-order valence-electron chi connectivity index (χ0n) is 23.0. The highest BCUT2D eigenvalue weighted by molar-refractivity contribution is 6.00. The molecule has 2 N–H and O–H groups in total. The SMILES string of the molecule is CCCCCCCCCNC(=O)c1c(CCCCC)cc2c(c1O)C=CC(C)(CCC=C(C)C)O2. The number of benzene rings is 1. The fourth-order valence-electron chi connectivity index (χ4n) is 4.67. The van der Waals surface area contributed by atoms with Crippen molar-refractivity contribution in [3.63, 3.8) is 0 Å². The molecule has 196 valence electrons. The number of hydrogen-bond acceptors (Lipinski definition) is 3. The third-order valence-electron chi connectivity index (χ3n) is 6.87. The van der Waals surface area contributed by atoms with E-state index in [2.05, 4.69) is 46.0 Å². The van der Waals surface area contributed by atoms with Crippen molar-refractivity contribution in [3.05, 3.63) is 40.5 Å². The van der Waals surface area contributed by atoms with Crippen LogP contribution in [-0.4, -0.2) is 23.2 Å². The third kappa shape index (κ3) is 9.39. The number of aromatic hydroxyl groups is 1. The van der Waals surface area contributed by atoms with Gasteiger partial charge in [-0.15, -0.1) is 0 Å². The fourth-order valence-corrected chi connectivity index (χ4v) is 4.67. The Morgan fingerprint density at radius 2 is 1.69 bits per heavy atom. The highest BCUT2D eigenvalue weighted by Crippen LogP contribution is 2.42. The highest BCUT2D eigenvalue weighted by Gasteiger charge is 2.31. The van der Waals surface area contributed by atoms with E-state index in [9.17, 15) is 9.90 Å². The number of nitrogens with one attached hydrogen (secondary N) is 1. The number of carbonyl (C=O) groups is 1. The second-order valence-corrected chi connectivity index (χ2v) is 10.6. The maximum atomic E-state index is 13.2. The number of rotatable bonds is 16. The van der Waals surface area contributed by atoms with Crippen molar-refractivity contribution in [3.8, 4) is 11.5 Å². The van der Waals surface area contributed by atoms with E-state index in [0.717, 1.165) is 56.9 Å². The quantitative estimate of drug-likeness (QED) is 0.183. The van der Waals surface area contributed by atoms with Gasteiger partial charge in [-0.1, -0.05) is 76.9 Å². The van der Waals surface area contributed by atoms with Crippen LogP contribution < -0.4 is 10.1 Å². The standard InChI is InChI=1S/C31H49NO3/c1-6-8-10-11-12-13-15-22-32-30(34)28-25(18-14-9-7-2)23-27-26(29(28)33)19-21-31(5,35-27)20-16-17-24(3)4/h17,19,21,23,33H,6-16,18,20,22H2,1-5H3,(H,32,34). The number of carbonyl (C=O) groups excluding carboxylic acids is 1. The molecule has 0 bridgehead atoms. The summed E-state index contributed by atoms with van der Waals surface area (Å²) in [6.45, 7) is 11.3. The third-order valence-corrected chi connectivity index (χ3v) is 6.87. The van der Waals surface area contributed by atoms with Crippen LogP contribution in [0.5, 0.6) is 11.5 Å². The number of hydrogen-bond donors (Lipinski definition) is 2. The van der Waals surface area contributed by atoms with Gasteiger partial charge in [0.25, 0.3) is 5.91 Å². The average Bonchev–Trinajstić information content (AvgIpc) is 2.80. The maximum Gasteiger partial charge on any atom is 0.255 e. The molecule has 1 aromatic carbocycles. The van der Waals surface area contributed by atoms with Crippen LogP contribution in [0.4, 0.5) is 0 Å². The summed E-state index contributed by atoms with van der Waals surface area (Å²) >= 11 is 0. The molecule has 0 fully saturated rings. The van der Waals surface area contributed by atoms with E-state index in [-0.39, 0.29) is 11.7 Å². The van der Waals surface area contributed by atoms with Crippen molar-refractivity contribution in [2.75, 3.05) is 6.54 Å². The number of ether oxygens (including phenoxy) is 1. The first kappa shape index (κ1) is 29.0. The van der Waals surface area contributed by atoms with Crippen molar-refractivity contribution >= 4 is 12.0 Å². The molecule has 0 spiro atoms. The molecule has 1 atom stereocenters. The summed E-state index contributed by atoms with van der Waals surface area (Å²) < 4.78 is 6.41. The van der Waals surface area contributed by atoms with E-state index in [1.807, 2.05) is 18.2 Å². The van der Waals surface area contributed by atoms with Crippen LogP contribution in [0.3, 0.4) is 0 Å². The molecule has 0 aliphatic carbocycles. The molecule has 1 heterocycles. The minimum absolute atomic E-state index is 0.0497. The van der Waals surface area contributed by atoms with E-state index in [0.29, 0.717) is 23.4 Å². The lowest BCUT2D eigenvalue weighted by atomic mass is 9.91. The first-order valence-corrected chi connectivity index (χ1v) is 14.0. The minimum Gasteiger partial charge on any atom is -0.506 e. The molecule has 4 nitrogen and oxygen atoms in total. The summed E-state index contributed by atoms with van der Waals surface area (Å²) in [5, 5.41) is 14.2. The minimum atomic E-state index is -0.424. The molecular formula is C31H49NO3. The first-order chi connectivity index (χ1) is 16.8. The van der Waals surface area contributed by atoms with Gasteiger partial charge in [0, 0.05) is 6.54 Å². The Morgan fingerprint density at radius 3 is 2.37 bits per heavy atom. The van der Waals surface area contributed by atoms with Crippen LogP contribution in [-0.2, 0) is 6.42 Å². The second kappa shape index (κ2) is 15.0. The predicted molar refractivity (Wildman–Crippen MR) is 148 cm³/mol. The van der Waals surface area contributed by atoms with Crippen LogP contribution in [0.1, 0.15) is 133 Å². The van der Waals surface area contributed by atoms with Gasteiger partial charge in [0.1, 0.15) is 17.1 Å². The van der Waals surface area contributed by atoms with E-state index in [1.165, 1.54) is 37.7 Å². The van der Waals surface area contributed by atoms with Crippen molar-refractivity contribution in [1.29, 1.82) is 0 Å². The number of fused-ring (bicyclic) bond motifs is 1. The van der Waals surface area contributed by atoms with Crippen LogP contribution in [0.15, 0.2) is 23.8 Å². The van der Waals surface area contributed by atoms with Gasteiger partial charge in [-0.3, -0.25) is 4.79 Å². The average molecular weight is 484 g/mol. The van der Waals surface area contributed by atoms with Gasteiger partial charge in [-0.2, -0.15) is 0 Å². The Hall–Kier alpha value is -2.23. The van der Waals surface area contributed by atoms with E-state index in [4.69, 9.17) is 4.74 Å². The van der Waals surface area contributed by atoms with Crippen molar-refractivity contribution < 1.29 is 14.6 Å². The lowest BCUT2D eigenvalue weighted by molar-refractivity contribution is 0.0948. The van der Waals surface area contributed by atoms with Crippen molar-refractivity contribution in [2.24, 2.45) is 0 Å². The van der Waals surface area contributed by atoms with E-state index in [1.54, 1.807) is 0 Å². The first-order valence-electron chi connectivity index (χ1n) is 14.0. The van der Waals surface area contributed by atoms with Crippen LogP contribution in [0.2, 0.25) is 0 Å². The summed E-state index contributed by atoms with van der Waals surface area (Å²) in [5.74, 6) is 0.557. The summed E-state index contributed by atoms with van der Waals surface area (Å²) in [6, 6.07) is 2.00. The van der Waals surface area contributed by atoms with Gasteiger partial charge >= 0.3 is 0 Å². The maximum absolute atomic E-state index is 13.2. The molecule has 1 aliphatic rings. The zero-order chi connectivity index (χ0) is 25.7. The van der Waals surface area contributed by atoms with E-state index >= 15 is 0 Å². The van der Waals surface area contributed by atoms with Crippen LogP contribution in [0, 0.1) is 0 Å². The number of phenolic OH excluding ortho intramolecular Hbond substituents is 1. The second-order valence-electron chi connectivity index (χ2n) is 10.6. The van der Waals surface area contributed by atoms with E-state index < -0.39 is 5.60 Å². The number of amides is 1. The van der Waals surface area contributed by atoms with Gasteiger partial charge in [-0.05, 0) is 76.7 Å². The molecule has 1 aromatic rings. The van der Waals surface area contributed by atoms with Crippen molar-refractivity contribution in [2.45, 2.75) is 124 Å². The predicted octanol–water partition coefficient (Wildman–Crippen LogP) is 8.52. The summed E-state index contributed by atoms with van der Waals surface area (Å²) in [6.07, 6.45) is 20.4. The Kier molecular flexibility index (Phi) is 12.4. The monoisotopic (exact) mass is 483 g/mol. The number of allylic oxidation sites excluding steroid dienone is 2. The molecule has 1 amide bonds. The molecule has 2 rings (SSSR count). The Morgan fingerprint density at radius 1 is 1.03 bits per heavy atom. The molecular weight excluding hydrogens is 434 g/mol. The molecule has 0 saturated heterocycles. The van der Waals surface area contributed by atoms with Crippen LogP contribution in [0.25, 0.3) is 6.08 Å². The summed E-state index contributed by atoms with van der Waals surface area (Å²) in [7, 11) is 0. The fraction of sp³-hybridized carbons (Fsp3) is 0.645. The zero-order valence-corrected chi connectivity index (χ0v) is 23.0. The van der Waals surface area contributed by atoms with Gasteiger partial charge in [-0.25, -0.2) is 0 Å². The van der Waals surface area contributed by atoms with Gasteiger partial charge < -0.3 is 15.2 Å². The Labute approximate surface area is 214 Å². The normalized spacial score (nSPS) is 16.5. The lowest BCUT2D eigenvalue weighted by Gasteiger charge is -2.32. The van der Waals surface area contributed by atoms with Gasteiger partial charge in [0.05, 0.1) is 11.1 Å². The topological polar surface area (TPSA) is 58.6 Å². The number of unbranched alkanes of at least 4 members (excludes halogenated alkanes) is 8. The number of aryl methyl sites for hydroxylation is 1. The summed E-state index contributed by atoms with van der Waals surface area (Å²) in [5.41, 5.74) is 2.80. The Balaban J connectivity index is 2.12. The summed E-state index contributed by atoms with van der Waals surface area (Å²) in [4.78, 5) is 13.2. The lowest BCUT2D eigenvalue weighted by Crippen LogP contribution is -2.32. The molecule has 0 aromatic heterocycles. The largest absolute Gasteiger partial charge is 0.506 e. The van der Waals surface area contributed by atoms with Crippen molar-refractivity contribution in [1.82, 2.24) is 5.32 Å². The molecule has 1 aliphatic heterocycles. The number of phenols is 1. The molecule has 0 radical (unpaired) electrons. The molecule has 4 heteroatoms. The molecule has 1 unspecified atom stereocenters. The smallest absolute Gasteiger partial charge is 0.255 e. The molecule has 0 saturated carbocycles. The van der Waals surface area contributed by atoms with Gasteiger partial charge in [0.15, 0.2) is 0 Å². The van der Waals surface area contributed by atoms with Gasteiger partial charge in [0.2, 0.25) is 0 Å². The van der Waals surface area contributed by atoms with Crippen LogP contribution >= 0.6 is 0 Å². The Bertz CT molecular complexity index is 866. The molecule has 35 heavy (non-hydrogen) atoms.